The van der Waals surface area contributed by atoms with Crippen LogP contribution in [0.3, 0.4) is 0 Å². The fourth-order valence-corrected chi connectivity index (χ4v) is 18.2. The highest BCUT2D eigenvalue weighted by atomic mass is 32.2. The number of allylic oxidation sites excluding steroid dienone is 4. The van der Waals surface area contributed by atoms with Crippen LogP contribution in [0.1, 0.15) is 75.9 Å². The predicted octanol–water partition coefficient (Wildman–Crippen LogP) is 15.5. The minimum atomic E-state index is -0.248. The van der Waals surface area contributed by atoms with Crippen molar-refractivity contribution in [3.63, 3.8) is 0 Å². The smallest absolute Gasteiger partial charge is 0.0964 e. The van der Waals surface area contributed by atoms with E-state index in [1.807, 2.05) is 45.3 Å². The molecule has 8 aliphatic rings. The fraction of sp³-hybridized carbons (Fsp3) is 0.0769. The zero-order valence-electron chi connectivity index (χ0n) is 30.8. The van der Waals surface area contributed by atoms with Crippen molar-refractivity contribution in [2.75, 3.05) is 0 Å². The van der Waals surface area contributed by atoms with Gasteiger partial charge >= 0.3 is 0 Å². The number of hydrogen-bond acceptors (Lipinski definition) is 6. The molecule has 0 N–H and O–H groups in total. The van der Waals surface area contributed by atoms with E-state index in [1.54, 1.807) is 0 Å². The molecule has 2 aliphatic heterocycles. The maximum Gasteiger partial charge on any atom is 0.0964 e. The summed E-state index contributed by atoms with van der Waals surface area (Å²) in [6.07, 6.45) is 5.10. The lowest BCUT2D eigenvalue weighted by molar-refractivity contribution is 0.763. The Bertz CT molecular complexity index is 3100. The van der Waals surface area contributed by atoms with Gasteiger partial charge in [0.2, 0.25) is 0 Å². The summed E-state index contributed by atoms with van der Waals surface area (Å²) < 4.78 is -0.491. The molecule has 58 heavy (non-hydrogen) atoms. The predicted molar refractivity (Wildman–Crippen MR) is 252 cm³/mol. The van der Waals surface area contributed by atoms with E-state index in [0.29, 0.717) is 0 Å². The molecule has 0 nitrogen and oxygen atoms in total. The summed E-state index contributed by atoms with van der Waals surface area (Å²) in [4.78, 5) is 10.9. The Hall–Kier alpha value is -4.66. The normalized spacial score (nSPS) is 23.9. The molecule has 2 spiro atoms. The number of hydrogen-bond donors (Lipinski definition) is 0. The molecule has 4 bridgehead atoms. The number of thioether (sulfide) groups is 2. The van der Waals surface area contributed by atoms with Crippen molar-refractivity contribution in [3.05, 3.63) is 244 Å². The molecule has 4 aromatic carbocycles. The minimum Gasteiger partial charge on any atom is -0.144 e. The van der Waals surface area contributed by atoms with Crippen LogP contribution >= 0.6 is 68.9 Å². The molecule has 0 radical (unpaired) electrons. The third-order valence-electron chi connectivity index (χ3n) is 13.1. The van der Waals surface area contributed by atoms with Gasteiger partial charge in [0.25, 0.3) is 0 Å². The molecule has 0 atom stereocenters. The van der Waals surface area contributed by atoms with Crippen LogP contribution in [0, 0.1) is 0 Å². The van der Waals surface area contributed by atoms with Gasteiger partial charge in [-0.2, -0.15) is 0 Å². The second-order valence-corrected chi connectivity index (χ2v) is 22.3. The first-order valence-corrected chi connectivity index (χ1v) is 24.7. The Morgan fingerprint density at radius 3 is 1.22 bits per heavy atom. The van der Waals surface area contributed by atoms with Crippen LogP contribution < -0.4 is 0 Å². The summed E-state index contributed by atoms with van der Waals surface area (Å²) in [7, 11) is 0. The zero-order chi connectivity index (χ0) is 37.7. The first-order chi connectivity index (χ1) is 28.7. The highest BCUT2D eigenvalue weighted by molar-refractivity contribution is 8.10. The average Bonchev–Trinajstić information content (AvgIpc) is 4.14. The van der Waals surface area contributed by atoms with Crippen molar-refractivity contribution in [3.8, 4) is 9.75 Å². The maximum absolute atomic E-state index is 2.56. The Kier molecular flexibility index (Phi) is 6.85. The van der Waals surface area contributed by atoms with Gasteiger partial charge in [0, 0.05) is 50.9 Å². The molecule has 0 saturated carbocycles. The molecule has 8 aromatic rings. The number of rotatable bonds is 5. The first kappa shape index (κ1) is 33.2. The van der Waals surface area contributed by atoms with E-state index >= 15 is 0 Å². The fourth-order valence-electron chi connectivity index (χ4n) is 11.0. The van der Waals surface area contributed by atoms with Crippen molar-refractivity contribution < 1.29 is 0 Å². The molecule has 0 saturated heterocycles. The van der Waals surface area contributed by atoms with E-state index < -0.39 is 0 Å². The zero-order valence-corrected chi connectivity index (χ0v) is 35.7. The lowest BCUT2D eigenvalue weighted by Gasteiger charge is -2.48. The largest absolute Gasteiger partial charge is 0.144 e. The second-order valence-electron chi connectivity index (χ2n) is 15.7. The van der Waals surface area contributed by atoms with E-state index in [4.69, 9.17) is 0 Å². The van der Waals surface area contributed by atoms with Gasteiger partial charge in [-0.15, -0.1) is 68.9 Å². The third-order valence-corrected chi connectivity index (χ3v) is 20.7. The van der Waals surface area contributed by atoms with Gasteiger partial charge in [-0.25, -0.2) is 0 Å². The van der Waals surface area contributed by atoms with Gasteiger partial charge < -0.3 is 0 Å². The van der Waals surface area contributed by atoms with Gasteiger partial charge in [-0.3, -0.25) is 0 Å². The molecular formula is C52H30S6. The molecule has 6 aliphatic carbocycles. The molecule has 0 amide bonds. The SMILES string of the molecule is C1=C(c2cccs2)SC23C1=C(c1ccc(-c4ccc(C5=CC6=C(c7cccs7)C7c8ccccc8C6(S5)c5ccccc57)s4)s1)C(c1ccccc12)c1ccccc13. The van der Waals surface area contributed by atoms with Crippen LogP contribution in [0.4, 0.5) is 0 Å². The summed E-state index contributed by atoms with van der Waals surface area (Å²) >= 11 is 11.8. The summed E-state index contributed by atoms with van der Waals surface area (Å²) in [5, 5.41) is 4.45. The first-order valence-electron chi connectivity index (χ1n) is 19.7. The summed E-state index contributed by atoms with van der Waals surface area (Å²) in [6, 6.07) is 55.6. The maximum atomic E-state index is 2.56. The molecule has 0 unspecified atom stereocenters. The highest BCUT2D eigenvalue weighted by Gasteiger charge is 2.58. The van der Waals surface area contributed by atoms with E-state index in [2.05, 4.69) is 192 Å². The van der Waals surface area contributed by atoms with Gasteiger partial charge in [0.05, 0.1) is 9.49 Å². The topological polar surface area (TPSA) is 0 Å². The van der Waals surface area contributed by atoms with Gasteiger partial charge in [0.1, 0.15) is 0 Å². The van der Waals surface area contributed by atoms with Crippen molar-refractivity contribution in [2.24, 2.45) is 0 Å². The summed E-state index contributed by atoms with van der Waals surface area (Å²) in [5.74, 6) is 0.462. The van der Waals surface area contributed by atoms with E-state index in [9.17, 15) is 0 Å². The average molecular weight is 847 g/mol. The molecule has 0 fully saturated rings. The van der Waals surface area contributed by atoms with Gasteiger partial charge in [-0.1, -0.05) is 109 Å². The minimum absolute atomic E-state index is 0.212. The molecule has 4 aromatic heterocycles. The highest BCUT2D eigenvalue weighted by Crippen LogP contribution is 2.73. The van der Waals surface area contributed by atoms with Crippen LogP contribution in [0.2, 0.25) is 0 Å². The Balaban J connectivity index is 0.899. The standard InChI is InChI=1S/C52H30S6/c1-5-15-33-29(11-1)47-30-12-2-6-16-34(30)51(33)37(49(47)43-20-10-26-54-43)28-46(58-51)42-22-21-40(55-42)41-23-24-44(56-41)50-38-27-45(39-19-9-25-53-39)57-52(38)35-17-7-3-13-31(35)48(50)32-14-4-8-18-36(32)52/h1-28,47-48H. The van der Waals surface area contributed by atoms with Crippen molar-refractivity contribution in [1.29, 1.82) is 0 Å². The van der Waals surface area contributed by atoms with Crippen molar-refractivity contribution in [1.82, 2.24) is 0 Å². The van der Waals surface area contributed by atoms with Crippen LogP contribution in [-0.4, -0.2) is 0 Å². The Labute approximate surface area is 361 Å². The second kappa shape index (κ2) is 12.0. The van der Waals surface area contributed by atoms with Crippen molar-refractivity contribution in [2.45, 2.75) is 21.3 Å². The third kappa shape index (κ3) is 4.14. The van der Waals surface area contributed by atoms with Gasteiger partial charge in [-0.05, 0) is 126 Å². The van der Waals surface area contributed by atoms with Crippen molar-refractivity contribution >= 4 is 89.8 Å². The van der Waals surface area contributed by atoms with Crippen LogP contribution in [-0.2, 0) is 9.49 Å². The van der Waals surface area contributed by atoms with Crippen LogP contribution in [0.5, 0.6) is 0 Å². The Morgan fingerprint density at radius 2 is 0.741 bits per heavy atom. The summed E-state index contributed by atoms with van der Waals surface area (Å²) in [5.41, 5.74) is 17.6. The van der Waals surface area contributed by atoms with Gasteiger partial charge in [0.15, 0.2) is 0 Å². The lowest BCUT2D eigenvalue weighted by Crippen LogP contribution is -2.37. The quantitative estimate of drug-likeness (QED) is 0.169. The van der Waals surface area contributed by atoms with Crippen LogP contribution in [0.25, 0.3) is 30.7 Å². The molecule has 6 heteroatoms. The van der Waals surface area contributed by atoms with E-state index in [-0.39, 0.29) is 21.3 Å². The van der Waals surface area contributed by atoms with Crippen LogP contribution in [0.15, 0.2) is 180 Å². The molecular weight excluding hydrogens is 817 g/mol. The van der Waals surface area contributed by atoms with E-state index in [0.717, 1.165) is 0 Å². The Morgan fingerprint density at radius 1 is 0.345 bits per heavy atom. The number of thiophene rings is 4. The van der Waals surface area contributed by atoms with E-state index in [1.165, 1.54) is 106 Å². The molecule has 6 heterocycles. The lowest BCUT2D eigenvalue weighted by atomic mass is 9.60. The monoisotopic (exact) mass is 846 g/mol. The molecule has 16 rings (SSSR count). The number of benzene rings is 4. The summed E-state index contributed by atoms with van der Waals surface area (Å²) in [6.45, 7) is 0. The molecule has 274 valence electrons.